The van der Waals surface area contributed by atoms with Crippen molar-refractivity contribution in [2.75, 3.05) is 13.2 Å². The van der Waals surface area contributed by atoms with Crippen LogP contribution in [0.15, 0.2) is 23.0 Å². The Morgan fingerprint density at radius 1 is 0.960 bits per heavy atom. The predicted octanol–water partition coefficient (Wildman–Crippen LogP) is -3.44. The Hall–Kier alpha value is 0.795. The first kappa shape index (κ1) is 33.4. The van der Waals surface area contributed by atoms with Crippen LogP contribution in [0.2, 0.25) is 0 Å². The van der Waals surface area contributed by atoms with Gasteiger partial charge in [0, 0.05) is 5.41 Å². The number of halogens is 4. The number of rotatable bonds is 8. The molecule has 9 nitrogen and oxygen atoms in total. The Morgan fingerprint density at radius 2 is 1.32 bits per heavy atom. The molecule has 0 bridgehead atoms. The molecule has 0 N–H and O–H groups in total. The molecule has 0 aromatic rings. The first-order valence-corrected chi connectivity index (χ1v) is 10.2. The summed E-state index contributed by atoms with van der Waals surface area (Å²) in [5, 5.41) is 0.762. The van der Waals surface area contributed by atoms with Crippen LogP contribution in [0.3, 0.4) is 0 Å². The van der Waals surface area contributed by atoms with Crippen LogP contribution < -0.4 is 37.7 Å². The summed E-state index contributed by atoms with van der Waals surface area (Å²) in [6.45, 7) is -1.57. The van der Waals surface area contributed by atoms with Crippen LogP contribution in [0.5, 0.6) is 0 Å². The normalized spacial score (nSPS) is 13.5. The molecule has 0 heterocycles. The van der Waals surface area contributed by atoms with Gasteiger partial charge in [-0.15, -0.1) is 16.8 Å². The molecule has 19 heteroatoms. The fourth-order valence-electron chi connectivity index (χ4n) is 0.535. The quantitative estimate of drug-likeness (QED) is 0.124. The van der Waals surface area contributed by atoms with E-state index in [4.69, 9.17) is 0 Å². The second-order valence-electron chi connectivity index (χ2n) is 2.92. The molecule has 0 saturated carbocycles. The van der Waals surface area contributed by atoms with Gasteiger partial charge in [0.25, 0.3) is 0 Å². The molecule has 0 fully saturated rings. The minimum atomic E-state index is -5.60. The molecule has 0 amide bonds. The summed E-state index contributed by atoms with van der Waals surface area (Å²) >= 11 is -2.44. The average Bonchev–Trinajstić information content (AvgIpc) is 2.28. The van der Waals surface area contributed by atoms with E-state index < -0.39 is 50.4 Å². The number of hydrogen-bond donors (Lipinski definition) is 0. The summed E-state index contributed by atoms with van der Waals surface area (Å²) in [5.41, 5.74) is 0. The second kappa shape index (κ2) is 15.8. The van der Waals surface area contributed by atoms with Crippen molar-refractivity contribution in [2.24, 2.45) is 0 Å². The van der Waals surface area contributed by atoms with Crippen LogP contribution in [-0.4, -0.2) is 34.9 Å². The molecule has 1 unspecified atom stereocenters. The van der Waals surface area contributed by atoms with Gasteiger partial charge in [-0.1, -0.05) is 6.08 Å². The zero-order valence-electron chi connectivity index (χ0n) is 12.6. The monoisotopic (exact) mass is 440 g/mol. The van der Waals surface area contributed by atoms with E-state index in [1.54, 1.807) is 0 Å². The Balaban J connectivity index is -0.000000164. The first-order chi connectivity index (χ1) is 10.1. The molecule has 0 saturated heterocycles. The van der Waals surface area contributed by atoms with E-state index >= 15 is 0 Å². The molecule has 0 spiro atoms. The third kappa shape index (κ3) is 40.7. The Bertz CT molecular complexity index is 632. The average molecular weight is 440 g/mol. The van der Waals surface area contributed by atoms with Crippen molar-refractivity contribution in [2.45, 2.75) is 0 Å². The fourth-order valence-corrected chi connectivity index (χ4v) is 1.60. The van der Waals surface area contributed by atoms with E-state index in [-0.39, 0.29) is 43.1 Å². The van der Waals surface area contributed by atoms with Gasteiger partial charge < -0.3 is 9.11 Å². The zero-order chi connectivity index (χ0) is 18.7. The van der Waals surface area contributed by atoms with Gasteiger partial charge in [-0.3, -0.25) is 13.3 Å². The Labute approximate surface area is 167 Å². The third-order valence-corrected chi connectivity index (χ3v) is 2.95. The molecule has 138 valence electrons. The minimum Gasteiger partial charge on any atom is -0.769 e. The Kier molecular flexibility index (Phi) is 21.1. The molecule has 0 aliphatic rings. The van der Waals surface area contributed by atoms with Crippen LogP contribution in [0.25, 0.3) is 0 Å². The molecular weight excluding hydrogens is 432 g/mol. The van der Waals surface area contributed by atoms with Crippen LogP contribution in [0.1, 0.15) is 0 Å². The summed E-state index contributed by atoms with van der Waals surface area (Å²) in [6, 6.07) is 0. The molecular formula is C6H8F4Li2O9P2S2. The smallest absolute Gasteiger partial charge is 0.769 e. The second-order valence-corrected chi connectivity index (χ2v) is 7.14. The van der Waals surface area contributed by atoms with Gasteiger partial charge in [0.2, 0.25) is 0 Å². The topological polar surface area (TPSA) is 150 Å². The molecule has 1 atom stereocenters. The Morgan fingerprint density at radius 3 is 1.60 bits per heavy atom. The fraction of sp³-hybridized carbons (Fsp3) is 0.333. The van der Waals surface area contributed by atoms with Crippen molar-refractivity contribution >= 4 is 37.2 Å². The molecule has 25 heavy (non-hydrogen) atoms. The zero-order valence-corrected chi connectivity index (χ0v) is 16.0. The van der Waals surface area contributed by atoms with E-state index in [0.717, 1.165) is 6.08 Å². The van der Waals surface area contributed by atoms with Gasteiger partial charge in [-0.2, -0.15) is 0 Å². The van der Waals surface area contributed by atoms with Crippen LogP contribution in [0, 0.1) is 0 Å². The van der Waals surface area contributed by atoms with Gasteiger partial charge >= 0.3 is 53.7 Å². The maximum Gasteiger partial charge on any atom is 1.00 e. The van der Waals surface area contributed by atoms with Crippen molar-refractivity contribution in [3.8, 4) is 0 Å². The summed E-state index contributed by atoms with van der Waals surface area (Å²) in [6.07, 6.45) is 1.35. The summed E-state index contributed by atoms with van der Waals surface area (Å²) in [4.78, 5) is 0. The number of hydrogen-bond acceptors (Lipinski definition) is 9. The van der Waals surface area contributed by atoms with E-state index in [2.05, 4.69) is 9.05 Å². The van der Waals surface area contributed by atoms with Crippen LogP contribution in [0.4, 0.5) is 16.8 Å². The molecule has 0 aromatic carbocycles. The van der Waals surface area contributed by atoms with Crippen LogP contribution in [-0.2, 0) is 39.4 Å². The van der Waals surface area contributed by atoms with Crippen molar-refractivity contribution in [1.29, 1.82) is 0 Å². The summed E-state index contributed by atoms with van der Waals surface area (Å²) in [5.74, 6) is 0. The molecule has 0 radical (unpaired) electrons. The summed E-state index contributed by atoms with van der Waals surface area (Å²) in [7, 11) is -15.7. The molecule has 0 aliphatic heterocycles. The van der Waals surface area contributed by atoms with E-state index in [1.807, 2.05) is 0 Å². The SMILES string of the molecule is O=P(F)(F)OC/C=C/S(=O)(=O)[O-].O=S([O-])/C=C/COP(=O)(F)F.[Li+].[Li+]. The van der Waals surface area contributed by atoms with Crippen LogP contribution >= 0.6 is 16.0 Å². The van der Waals surface area contributed by atoms with E-state index in [1.165, 1.54) is 0 Å². The minimum absolute atomic E-state index is 0. The van der Waals surface area contributed by atoms with Gasteiger partial charge in [0.1, 0.15) is 10.1 Å². The van der Waals surface area contributed by atoms with Crippen molar-refractivity contribution in [1.82, 2.24) is 0 Å². The molecule has 0 rings (SSSR count). The largest absolute Gasteiger partial charge is 1.00 e. The first-order valence-electron chi connectivity index (χ1n) is 4.77. The molecule has 0 aromatic heterocycles. The predicted molar refractivity (Wildman–Crippen MR) is 68.4 cm³/mol. The van der Waals surface area contributed by atoms with E-state index in [9.17, 15) is 47.6 Å². The third-order valence-electron chi connectivity index (χ3n) is 1.11. The molecule has 0 aliphatic carbocycles. The maximum absolute atomic E-state index is 11.4. The van der Waals surface area contributed by atoms with Gasteiger partial charge in [-0.25, -0.2) is 17.5 Å². The van der Waals surface area contributed by atoms with Gasteiger partial charge in [0.05, 0.1) is 13.2 Å². The van der Waals surface area contributed by atoms with Crippen molar-refractivity contribution in [3.05, 3.63) is 23.0 Å². The van der Waals surface area contributed by atoms with Gasteiger partial charge in [0.15, 0.2) is 0 Å². The van der Waals surface area contributed by atoms with Crippen molar-refractivity contribution < 1.29 is 94.4 Å². The maximum atomic E-state index is 11.4. The van der Waals surface area contributed by atoms with Gasteiger partial charge in [-0.05, 0) is 22.6 Å². The van der Waals surface area contributed by atoms with E-state index in [0.29, 0.717) is 11.5 Å². The standard InChI is InChI=1S/C3H5F2O5PS.C3H5F2O4PS.2Li/c4-11(5,6)10-2-1-3-12(7,8)9;4-10(5,6)9-2-1-3-11(7)8;;/h1,3H,2H2,(H,7,8,9);1,3H,2H2,(H,7,8);;/q;;2*+1/p-2/b2*3-1+;;. The van der Waals surface area contributed by atoms with Crippen molar-refractivity contribution in [3.63, 3.8) is 0 Å². The summed E-state index contributed by atoms with van der Waals surface area (Å²) < 4.78 is 120.